The number of nitrogens with one attached hydrogen (secondary N) is 1. The number of nitrogens with zero attached hydrogens (tertiary/aromatic N) is 2. The van der Waals surface area contributed by atoms with Gasteiger partial charge in [-0.3, -0.25) is 4.99 Å². The van der Waals surface area contributed by atoms with Crippen LogP contribution in [0.15, 0.2) is 29.3 Å². The Morgan fingerprint density at radius 2 is 2.19 bits per heavy atom. The largest absolute Gasteiger partial charge is 0.356 e. The van der Waals surface area contributed by atoms with Crippen LogP contribution in [0, 0.1) is 17.2 Å². The van der Waals surface area contributed by atoms with Gasteiger partial charge in [0.15, 0.2) is 5.96 Å². The van der Waals surface area contributed by atoms with Crippen molar-refractivity contribution in [1.82, 2.24) is 10.2 Å². The highest BCUT2D eigenvalue weighted by atomic mass is 19.1. The first-order valence-electron chi connectivity index (χ1n) is 7.79. The molecule has 114 valence electrons. The first-order chi connectivity index (χ1) is 10.1. The summed E-state index contributed by atoms with van der Waals surface area (Å²) in [4.78, 5) is 6.41. The van der Waals surface area contributed by atoms with E-state index >= 15 is 0 Å². The minimum atomic E-state index is -0.186. The maximum atomic E-state index is 13.2. The van der Waals surface area contributed by atoms with Crippen molar-refractivity contribution in [2.45, 2.75) is 32.2 Å². The Morgan fingerprint density at radius 1 is 1.43 bits per heavy atom. The number of hydrogen-bond acceptors (Lipinski definition) is 1. The van der Waals surface area contributed by atoms with Crippen LogP contribution in [0.2, 0.25) is 0 Å². The van der Waals surface area contributed by atoms with Gasteiger partial charge < -0.3 is 10.2 Å². The molecule has 1 N–H and O–H groups in total. The van der Waals surface area contributed by atoms with Gasteiger partial charge in [-0.05, 0) is 54.7 Å². The van der Waals surface area contributed by atoms with E-state index in [2.05, 4.69) is 15.2 Å². The van der Waals surface area contributed by atoms with Gasteiger partial charge in [-0.2, -0.15) is 0 Å². The predicted octanol–water partition coefficient (Wildman–Crippen LogP) is 3.02. The average Bonchev–Trinajstić information content (AvgIpc) is 3.33. The molecule has 0 aromatic heterocycles. The fraction of sp³-hybridized carbons (Fsp3) is 0.588. The zero-order valence-electron chi connectivity index (χ0n) is 12.9. The molecule has 2 aliphatic carbocycles. The number of hydrogen-bond donors (Lipinski definition) is 1. The van der Waals surface area contributed by atoms with Crippen LogP contribution < -0.4 is 5.32 Å². The quantitative estimate of drug-likeness (QED) is 0.666. The summed E-state index contributed by atoms with van der Waals surface area (Å²) >= 11 is 0. The van der Waals surface area contributed by atoms with Crippen LogP contribution in [-0.2, 0) is 6.54 Å². The van der Waals surface area contributed by atoms with Gasteiger partial charge in [-0.1, -0.05) is 12.1 Å². The smallest absolute Gasteiger partial charge is 0.193 e. The summed E-state index contributed by atoms with van der Waals surface area (Å²) in [5, 5.41) is 3.51. The number of halogens is 1. The number of benzene rings is 1. The molecule has 2 saturated carbocycles. The SMILES string of the molecule is CN=C(NCC1(C2CC2)CC1)N(C)Cc1cccc(F)c1. The fourth-order valence-electron chi connectivity index (χ4n) is 3.21. The lowest BCUT2D eigenvalue weighted by molar-refractivity contribution is 0.409. The number of rotatable bonds is 5. The summed E-state index contributed by atoms with van der Waals surface area (Å²) in [5.74, 6) is 1.65. The maximum Gasteiger partial charge on any atom is 0.193 e. The molecule has 0 saturated heterocycles. The highest BCUT2D eigenvalue weighted by Gasteiger charge is 2.53. The van der Waals surface area contributed by atoms with Crippen LogP contribution in [0.5, 0.6) is 0 Å². The van der Waals surface area contributed by atoms with Gasteiger partial charge in [0.25, 0.3) is 0 Å². The second-order valence-corrected chi connectivity index (χ2v) is 6.52. The summed E-state index contributed by atoms with van der Waals surface area (Å²) in [6, 6.07) is 6.75. The fourth-order valence-corrected chi connectivity index (χ4v) is 3.21. The second-order valence-electron chi connectivity index (χ2n) is 6.52. The van der Waals surface area contributed by atoms with E-state index in [0.717, 1.165) is 24.0 Å². The highest BCUT2D eigenvalue weighted by Crippen LogP contribution is 2.60. The molecular weight excluding hydrogens is 265 g/mol. The molecule has 0 amide bonds. The van der Waals surface area contributed by atoms with Crippen LogP contribution in [-0.4, -0.2) is 31.5 Å². The molecule has 0 heterocycles. The Labute approximate surface area is 126 Å². The normalized spacial score (nSPS) is 20.2. The van der Waals surface area contributed by atoms with Gasteiger partial charge in [-0.15, -0.1) is 0 Å². The van der Waals surface area contributed by atoms with Crippen molar-refractivity contribution >= 4 is 5.96 Å². The van der Waals surface area contributed by atoms with Gasteiger partial charge >= 0.3 is 0 Å². The lowest BCUT2D eigenvalue weighted by atomic mass is 10.0. The van der Waals surface area contributed by atoms with Crippen LogP contribution in [0.3, 0.4) is 0 Å². The third-order valence-electron chi connectivity index (χ3n) is 4.82. The minimum Gasteiger partial charge on any atom is -0.356 e. The molecule has 0 spiro atoms. The molecule has 3 nitrogen and oxygen atoms in total. The van der Waals surface area contributed by atoms with E-state index in [0.29, 0.717) is 12.0 Å². The molecule has 21 heavy (non-hydrogen) atoms. The molecule has 2 aliphatic rings. The summed E-state index contributed by atoms with van der Waals surface area (Å²) in [7, 11) is 3.80. The molecule has 2 fully saturated rings. The van der Waals surface area contributed by atoms with Gasteiger partial charge in [-0.25, -0.2) is 4.39 Å². The molecule has 3 rings (SSSR count). The van der Waals surface area contributed by atoms with E-state index in [9.17, 15) is 4.39 Å². The second kappa shape index (κ2) is 5.66. The summed E-state index contributed by atoms with van der Waals surface area (Å²) < 4.78 is 13.2. The monoisotopic (exact) mass is 289 g/mol. The van der Waals surface area contributed by atoms with Gasteiger partial charge in [0.2, 0.25) is 0 Å². The van der Waals surface area contributed by atoms with E-state index in [4.69, 9.17) is 0 Å². The van der Waals surface area contributed by atoms with E-state index in [1.807, 2.05) is 13.1 Å². The number of aliphatic imine (C=N–C) groups is 1. The predicted molar refractivity (Wildman–Crippen MR) is 83.6 cm³/mol. The van der Waals surface area contributed by atoms with E-state index in [-0.39, 0.29) is 5.82 Å². The van der Waals surface area contributed by atoms with E-state index < -0.39 is 0 Å². The Bertz CT molecular complexity index is 533. The molecule has 0 unspecified atom stereocenters. The number of guanidine groups is 1. The van der Waals surface area contributed by atoms with Crippen molar-refractivity contribution < 1.29 is 4.39 Å². The summed E-state index contributed by atoms with van der Waals surface area (Å²) in [6.45, 7) is 1.69. The van der Waals surface area contributed by atoms with Crippen molar-refractivity contribution in [1.29, 1.82) is 0 Å². The van der Waals surface area contributed by atoms with Gasteiger partial charge in [0.05, 0.1) is 0 Å². The molecule has 0 atom stereocenters. The van der Waals surface area contributed by atoms with Crippen molar-refractivity contribution in [2.24, 2.45) is 16.3 Å². The lowest BCUT2D eigenvalue weighted by Crippen LogP contribution is -2.41. The highest BCUT2D eigenvalue weighted by molar-refractivity contribution is 5.79. The topological polar surface area (TPSA) is 27.6 Å². The van der Waals surface area contributed by atoms with Crippen molar-refractivity contribution in [3.63, 3.8) is 0 Å². The third-order valence-corrected chi connectivity index (χ3v) is 4.82. The molecule has 4 heteroatoms. The zero-order valence-corrected chi connectivity index (χ0v) is 12.9. The molecule has 0 bridgehead atoms. The molecule has 0 radical (unpaired) electrons. The summed E-state index contributed by atoms with van der Waals surface area (Å²) in [5.41, 5.74) is 1.51. The maximum absolute atomic E-state index is 13.2. The zero-order chi connectivity index (χ0) is 14.9. The Hall–Kier alpha value is -1.58. The van der Waals surface area contributed by atoms with Gasteiger partial charge in [0.1, 0.15) is 5.82 Å². The van der Waals surface area contributed by atoms with Crippen molar-refractivity contribution in [2.75, 3.05) is 20.6 Å². The molecule has 1 aromatic carbocycles. The Morgan fingerprint density at radius 3 is 2.76 bits per heavy atom. The first-order valence-corrected chi connectivity index (χ1v) is 7.79. The van der Waals surface area contributed by atoms with Crippen LogP contribution in [0.1, 0.15) is 31.2 Å². The average molecular weight is 289 g/mol. The van der Waals surface area contributed by atoms with Crippen molar-refractivity contribution in [3.8, 4) is 0 Å². The minimum absolute atomic E-state index is 0.186. The Kier molecular flexibility index (Phi) is 3.87. The molecule has 1 aromatic rings. The van der Waals surface area contributed by atoms with Gasteiger partial charge in [0, 0.05) is 27.2 Å². The van der Waals surface area contributed by atoms with Crippen LogP contribution in [0.25, 0.3) is 0 Å². The first kappa shape index (κ1) is 14.4. The third kappa shape index (κ3) is 3.36. The van der Waals surface area contributed by atoms with Crippen molar-refractivity contribution in [3.05, 3.63) is 35.6 Å². The molecular formula is C17H24FN3. The van der Waals surface area contributed by atoms with E-state index in [1.54, 1.807) is 19.2 Å². The standard InChI is InChI=1S/C17H24FN3/c1-19-16(20-12-17(8-9-17)14-6-7-14)21(2)11-13-4-3-5-15(18)10-13/h3-5,10,14H,6-9,11-12H2,1-2H3,(H,19,20). The van der Waals surface area contributed by atoms with Crippen LogP contribution >= 0.6 is 0 Å². The Balaban J connectivity index is 1.55. The molecule has 0 aliphatic heterocycles. The summed E-state index contributed by atoms with van der Waals surface area (Å²) in [6.07, 6.45) is 5.52. The van der Waals surface area contributed by atoms with E-state index in [1.165, 1.54) is 31.7 Å². The van der Waals surface area contributed by atoms with Crippen LogP contribution in [0.4, 0.5) is 4.39 Å². The lowest BCUT2D eigenvalue weighted by Gasteiger charge is -2.24.